The van der Waals surface area contributed by atoms with Crippen molar-refractivity contribution in [1.29, 1.82) is 5.26 Å². The van der Waals surface area contributed by atoms with Crippen molar-refractivity contribution in [3.05, 3.63) is 54.4 Å². The van der Waals surface area contributed by atoms with E-state index in [1.165, 1.54) is 0 Å². The van der Waals surface area contributed by atoms with Crippen LogP contribution in [0.1, 0.15) is 18.9 Å². The maximum absolute atomic E-state index is 9.71. The third-order valence-corrected chi connectivity index (χ3v) is 4.06. The van der Waals surface area contributed by atoms with Crippen molar-refractivity contribution >= 4 is 11.8 Å². The van der Waals surface area contributed by atoms with Crippen LogP contribution in [-0.4, -0.2) is 22.3 Å². The number of benzene rings is 1. The Labute approximate surface area is 129 Å². The zero-order valence-corrected chi connectivity index (χ0v) is 12.8. The summed E-state index contributed by atoms with van der Waals surface area (Å²) in [5.74, 6) is 0.777. The van der Waals surface area contributed by atoms with Crippen LogP contribution < -0.4 is 5.32 Å². The topological polar surface area (TPSA) is 61.6 Å². The lowest BCUT2D eigenvalue weighted by molar-refractivity contribution is 0.428. The number of nitriles is 1. The molecule has 2 aromatic rings. The molecular weight excluding hydrogens is 280 g/mol. The molecular formula is C16H18N4S. The molecule has 0 aliphatic carbocycles. The Morgan fingerprint density at radius 1 is 1.19 bits per heavy atom. The predicted molar refractivity (Wildman–Crippen MR) is 84.8 cm³/mol. The third kappa shape index (κ3) is 4.03. The lowest BCUT2D eigenvalue weighted by Gasteiger charge is -2.28. The Balaban J connectivity index is 2.09. The highest BCUT2D eigenvalue weighted by Crippen LogP contribution is 2.27. The first-order valence-electron chi connectivity index (χ1n) is 6.92. The van der Waals surface area contributed by atoms with Crippen molar-refractivity contribution in [1.82, 2.24) is 15.3 Å². The Hall–Kier alpha value is -1.90. The van der Waals surface area contributed by atoms with E-state index in [2.05, 4.69) is 21.4 Å². The van der Waals surface area contributed by atoms with Gasteiger partial charge in [0.1, 0.15) is 5.54 Å². The van der Waals surface area contributed by atoms with E-state index in [9.17, 15) is 5.26 Å². The molecule has 0 aliphatic heterocycles. The second-order valence-corrected chi connectivity index (χ2v) is 5.61. The van der Waals surface area contributed by atoms with Gasteiger partial charge < -0.3 is 0 Å². The summed E-state index contributed by atoms with van der Waals surface area (Å²) < 4.78 is 0. The highest BCUT2D eigenvalue weighted by Gasteiger charge is 2.30. The molecule has 5 heteroatoms. The van der Waals surface area contributed by atoms with Crippen LogP contribution in [0.2, 0.25) is 0 Å². The molecule has 0 saturated carbocycles. The smallest absolute Gasteiger partial charge is 0.187 e. The molecule has 0 aliphatic rings. The van der Waals surface area contributed by atoms with Crippen molar-refractivity contribution in [3.63, 3.8) is 0 Å². The Kier molecular flexibility index (Phi) is 5.73. The number of aromatic nitrogens is 2. The molecule has 0 radical (unpaired) electrons. The van der Waals surface area contributed by atoms with E-state index in [1.54, 1.807) is 30.2 Å². The van der Waals surface area contributed by atoms with E-state index in [-0.39, 0.29) is 0 Å². The maximum atomic E-state index is 9.71. The summed E-state index contributed by atoms with van der Waals surface area (Å²) in [7, 11) is 0. The average Bonchev–Trinajstić information content (AvgIpc) is 2.56. The van der Waals surface area contributed by atoms with Gasteiger partial charge in [0.05, 0.1) is 6.07 Å². The normalized spacial score (nSPS) is 13.3. The van der Waals surface area contributed by atoms with Gasteiger partial charge >= 0.3 is 0 Å². The van der Waals surface area contributed by atoms with E-state index in [4.69, 9.17) is 0 Å². The van der Waals surface area contributed by atoms with E-state index in [0.29, 0.717) is 6.42 Å². The number of nitrogens with one attached hydrogen (secondary N) is 1. The molecule has 1 heterocycles. The second-order valence-electron chi connectivity index (χ2n) is 4.54. The van der Waals surface area contributed by atoms with Gasteiger partial charge in [-0.15, -0.1) is 0 Å². The Morgan fingerprint density at radius 2 is 1.90 bits per heavy atom. The molecule has 0 fully saturated rings. The van der Waals surface area contributed by atoms with E-state index in [0.717, 1.165) is 23.0 Å². The third-order valence-electron chi connectivity index (χ3n) is 3.19. The molecule has 2 rings (SSSR count). The quantitative estimate of drug-likeness (QED) is 0.629. The molecule has 21 heavy (non-hydrogen) atoms. The maximum Gasteiger partial charge on any atom is 0.187 e. The van der Waals surface area contributed by atoms with Crippen molar-refractivity contribution < 1.29 is 0 Å². The van der Waals surface area contributed by atoms with Gasteiger partial charge in [-0.1, -0.05) is 49.0 Å². The molecule has 0 bridgehead atoms. The summed E-state index contributed by atoms with van der Waals surface area (Å²) in [6.45, 7) is 2.76. The zero-order valence-electron chi connectivity index (χ0n) is 12.0. The van der Waals surface area contributed by atoms with Crippen LogP contribution in [0.3, 0.4) is 0 Å². The predicted octanol–water partition coefficient (Wildman–Crippen LogP) is 2.99. The van der Waals surface area contributed by atoms with Crippen molar-refractivity contribution in [2.24, 2.45) is 0 Å². The van der Waals surface area contributed by atoms with Crippen LogP contribution in [-0.2, 0) is 5.54 Å². The van der Waals surface area contributed by atoms with Gasteiger partial charge in [0.25, 0.3) is 0 Å². The van der Waals surface area contributed by atoms with Crippen LogP contribution in [0, 0.1) is 11.3 Å². The molecule has 0 amide bonds. The van der Waals surface area contributed by atoms with Crippen LogP contribution in [0.25, 0.3) is 0 Å². The van der Waals surface area contributed by atoms with E-state index < -0.39 is 5.54 Å². The highest BCUT2D eigenvalue weighted by molar-refractivity contribution is 7.99. The van der Waals surface area contributed by atoms with Gasteiger partial charge in [-0.05, 0) is 24.6 Å². The molecule has 1 N–H and O–H groups in total. The SMILES string of the molecule is CCNC(C#N)(CCSc1ncccn1)c1ccccc1. The minimum atomic E-state index is -0.655. The Morgan fingerprint density at radius 3 is 2.52 bits per heavy atom. The van der Waals surface area contributed by atoms with Crippen LogP contribution in [0.4, 0.5) is 0 Å². The first-order chi connectivity index (χ1) is 10.3. The van der Waals surface area contributed by atoms with Gasteiger partial charge in [0.15, 0.2) is 5.16 Å². The number of thioether (sulfide) groups is 1. The summed E-state index contributed by atoms with van der Waals surface area (Å²) in [6.07, 6.45) is 4.16. The number of nitrogens with zero attached hydrogens (tertiary/aromatic N) is 3. The van der Waals surface area contributed by atoms with Gasteiger partial charge in [-0.25, -0.2) is 9.97 Å². The highest BCUT2D eigenvalue weighted by atomic mass is 32.2. The molecule has 1 aromatic heterocycles. The van der Waals surface area contributed by atoms with Gasteiger partial charge in [0.2, 0.25) is 0 Å². The van der Waals surface area contributed by atoms with Crippen molar-refractivity contribution in [3.8, 4) is 6.07 Å². The van der Waals surface area contributed by atoms with Crippen molar-refractivity contribution in [2.45, 2.75) is 24.0 Å². The summed E-state index contributed by atoms with van der Waals surface area (Å²) in [5, 5.41) is 13.8. The van der Waals surface area contributed by atoms with Crippen LogP contribution >= 0.6 is 11.8 Å². The first kappa shape index (κ1) is 15.5. The summed E-state index contributed by atoms with van der Waals surface area (Å²) in [4.78, 5) is 8.38. The summed E-state index contributed by atoms with van der Waals surface area (Å²) in [5.41, 5.74) is 0.349. The van der Waals surface area contributed by atoms with E-state index in [1.807, 2.05) is 37.3 Å². The largest absolute Gasteiger partial charge is 0.296 e. The lowest BCUT2D eigenvalue weighted by atomic mass is 9.88. The fourth-order valence-electron chi connectivity index (χ4n) is 2.17. The zero-order chi connectivity index (χ0) is 15.0. The number of hydrogen-bond acceptors (Lipinski definition) is 5. The standard InChI is InChI=1S/C16H18N4S/c1-2-20-16(13-17,14-7-4-3-5-8-14)9-12-21-15-18-10-6-11-19-15/h3-8,10-11,20H,2,9,12H2,1H3. The Bertz CT molecular complexity index is 582. The molecule has 4 nitrogen and oxygen atoms in total. The minimum Gasteiger partial charge on any atom is -0.296 e. The molecule has 1 aromatic carbocycles. The van der Waals surface area contributed by atoms with Gasteiger partial charge in [-0.2, -0.15) is 5.26 Å². The molecule has 1 atom stereocenters. The van der Waals surface area contributed by atoms with Crippen molar-refractivity contribution in [2.75, 3.05) is 12.3 Å². The second kappa shape index (κ2) is 7.77. The molecule has 0 saturated heterocycles. The van der Waals surface area contributed by atoms with Gasteiger partial charge in [-0.3, -0.25) is 5.32 Å². The van der Waals surface area contributed by atoms with Gasteiger partial charge in [0, 0.05) is 18.1 Å². The summed E-state index contributed by atoms with van der Waals surface area (Å²) >= 11 is 1.57. The average molecular weight is 298 g/mol. The van der Waals surface area contributed by atoms with E-state index >= 15 is 0 Å². The number of hydrogen-bond donors (Lipinski definition) is 1. The minimum absolute atomic E-state index is 0.655. The van der Waals surface area contributed by atoms with Crippen LogP contribution in [0.15, 0.2) is 53.9 Å². The first-order valence-corrected chi connectivity index (χ1v) is 7.91. The molecule has 0 spiro atoms. The summed E-state index contributed by atoms with van der Waals surface area (Å²) in [6, 6.07) is 14.1. The fraction of sp³-hybridized carbons (Fsp3) is 0.312. The number of rotatable bonds is 7. The fourth-order valence-corrected chi connectivity index (χ4v) is 3.04. The molecule has 1 unspecified atom stereocenters. The monoisotopic (exact) mass is 298 g/mol. The molecule has 108 valence electrons. The van der Waals surface area contributed by atoms with Crippen LogP contribution in [0.5, 0.6) is 0 Å². The lowest BCUT2D eigenvalue weighted by Crippen LogP contribution is -2.41.